The highest BCUT2D eigenvalue weighted by molar-refractivity contribution is 5.82. The van der Waals surface area contributed by atoms with Gasteiger partial charge in [-0.2, -0.15) is 0 Å². The molecular weight excluding hydrogens is 290 g/mol. The molecule has 0 aromatic heterocycles. The minimum Gasteiger partial charge on any atom is -0.481 e. The van der Waals surface area contributed by atoms with Crippen molar-refractivity contribution in [3.8, 4) is 0 Å². The third kappa shape index (κ3) is 3.92. The molecular formula is C19H25NO3. The van der Waals surface area contributed by atoms with Gasteiger partial charge in [-0.1, -0.05) is 43.2 Å². The number of carbonyl (C=O) groups excluding carboxylic acids is 1. The second-order valence-electron chi connectivity index (χ2n) is 7.03. The molecule has 1 amide bonds. The van der Waals surface area contributed by atoms with Crippen molar-refractivity contribution < 1.29 is 14.7 Å². The number of rotatable bonds is 5. The Bertz CT molecular complexity index is 543. The molecule has 1 heterocycles. The van der Waals surface area contributed by atoms with Crippen molar-refractivity contribution in [2.75, 3.05) is 13.1 Å². The predicted octanol–water partition coefficient (Wildman–Crippen LogP) is 2.97. The van der Waals surface area contributed by atoms with Gasteiger partial charge in [-0.05, 0) is 36.7 Å². The number of hydrogen-bond donors (Lipinski definition) is 1. The van der Waals surface area contributed by atoms with Crippen LogP contribution in [0.4, 0.5) is 0 Å². The molecule has 1 N–H and O–H groups in total. The van der Waals surface area contributed by atoms with E-state index in [2.05, 4.69) is 0 Å². The number of amides is 1. The zero-order valence-electron chi connectivity index (χ0n) is 13.5. The fourth-order valence-corrected chi connectivity index (χ4v) is 4.09. The zero-order valence-corrected chi connectivity index (χ0v) is 13.5. The van der Waals surface area contributed by atoms with E-state index in [9.17, 15) is 14.7 Å². The maximum Gasteiger partial charge on any atom is 0.307 e. The highest BCUT2D eigenvalue weighted by atomic mass is 16.4. The van der Waals surface area contributed by atoms with Crippen LogP contribution in [0.3, 0.4) is 0 Å². The van der Waals surface area contributed by atoms with E-state index in [0.29, 0.717) is 18.3 Å². The molecule has 124 valence electrons. The summed E-state index contributed by atoms with van der Waals surface area (Å²) in [5.41, 5.74) is 0.975. The van der Waals surface area contributed by atoms with Crippen LogP contribution in [0.15, 0.2) is 30.3 Å². The molecule has 0 radical (unpaired) electrons. The van der Waals surface area contributed by atoms with E-state index >= 15 is 0 Å². The summed E-state index contributed by atoms with van der Waals surface area (Å²) in [6, 6.07) is 9.56. The number of carboxylic acids is 1. The summed E-state index contributed by atoms with van der Waals surface area (Å²) >= 11 is 0. The average molecular weight is 315 g/mol. The Kier molecular flexibility index (Phi) is 4.99. The van der Waals surface area contributed by atoms with Gasteiger partial charge in [0.05, 0.1) is 5.92 Å². The van der Waals surface area contributed by atoms with Gasteiger partial charge in [0.25, 0.3) is 0 Å². The van der Waals surface area contributed by atoms with Gasteiger partial charge in [0.1, 0.15) is 0 Å². The van der Waals surface area contributed by atoms with Crippen molar-refractivity contribution in [1.82, 2.24) is 4.90 Å². The number of benzene rings is 1. The minimum atomic E-state index is -0.876. The lowest BCUT2D eigenvalue weighted by Gasteiger charge is -2.22. The van der Waals surface area contributed by atoms with Crippen LogP contribution >= 0.6 is 0 Å². The number of carboxylic acid groups (broad SMARTS) is 1. The third-order valence-corrected chi connectivity index (χ3v) is 5.42. The van der Waals surface area contributed by atoms with Crippen LogP contribution in [0.25, 0.3) is 0 Å². The molecule has 0 bridgehead atoms. The van der Waals surface area contributed by atoms with Gasteiger partial charge in [0.15, 0.2) is 0 Å². The Labute approximate surface area is 137 Å². The molecule has 1 aliphatic carbocycles. The third-order valence-electron chi connectivity index (χ3n) is 5.42. The lowest BCUT2D eigenvalue weighted by molar-refractivity contribution is -0.145. The molecule has 0 spiro atoms. The van der Waals surface area contributed by atoms with Crippen molar-refractivity contribution in [1.29, 1.82) is 0 Å². The Morgan fingerprint density at radius 3 is 2.26 bits per heavy atom. The van der Waals surface area contributed by atoms with Gasteiger partial charge >= 0.3 is 5.97 Å². The van der Waals surface area contributed by atoms with Gasteiger partial charge in [-0.15, -0.1) is 0 Å². The van der Waals surface area contributed by atoms with E-state index in [0.717, 1.165) is 18.7 Å². The maximum atomic E-state index is 12.6. The number of hydrogen-bond acceptors (Lipinski definition) is 2. The summed E-state index contributed by atoms with van der Waals surface area (Å²) in [7, 11) is 0. The van der Waals surface area contributed by atoms with Gasteiger partial charge in [-0.25, -0.2) is 0 Å². The Balaban J connectivity index is 1.59. The predicted molar refractivity (Wildman–Crippen MR) is 87.9 cm³/mol. The van der Waals surface area contributed by atoms with E-state index in [1.165, 1.54) is 25.7 Å². The van der Waals surface area contributed by atoms with E-state index in [4.69, 9.17) is 0 Å². The summed E-state index contributed by atoms with van der Waals surface area (Å²) in [5.74, 6) is -0.204. The van der Waals surface area contributed by atoms with Crippen LogP contribution < -0.4 is 0 Å². The summed E-state index contributed by atoms with van der Waals surface area (Å²) in [6.07, 6.45) is 5.53. The summed E-state index contributed by atoms with van der Waals surface area (Å²) in [6.45, 7) is 1.67. The molecule has 3 rings (SSSR count). The molecule has 2 aliphatic rings. The Morgan fingerprint density at radius 1 is 1.09 bits per heavy atom. The molecule has 2 fully saturated rings. The van der Waals surface area contributed by atoms with Crippen molar-refractivity contribution >= 4 is 11.9 Å². The SMILES string of the molecule is O=C(O)[C@H](CC(=O)N1CC2CCCC[C@@H]2C1)Cc1ccccc1. The monoisotopic (exact) mass is 315 g/mol. The molecule has 1 unspecified atom stereocenters. The van der Waals surface area contributed by atoms with Gasteiger partial charge in [0, 0.05) is 19.5 Å². The number of likely N-dealkylation sites (tertiary alicyclic amines) is 1. The normalized spacial score (nSPS) is 25.0. The molecule has 1 aromatic carbocycles. The average Bonchev–Trinajstić information content (AvgIpc) is 2.99. The fourth-order valence-electron chi connectivity index (χ4n) is 4.09. The van der Waals surface area contributed by atoms with Crippen molar-refractivity contribution in [3.05, 3.63) is 35.9 Å². The van der Waals surface area contributed by atoms with Crippen LogP contribution in [0.1, 0.15) is 37.7 Å². The van der Waals surface area contributed by atoms with E-state index in [-0.39, 0.29) is 12.3 Å². The smallest absolute Gasteiger partial charge is 0.307 e. The number of nitrogens with zero attached hydrogens (tertiary/aromatic N) is 1. The highest BCUT2D eigenvalue weighted by Gasteiger charge is 2.37. The number of aliphatic carboxylic acids is 1. The lowest BCUT2D eigenvalue weighted by Crippen LogP contribution is -2.33. The van der Waals surface area contributed by atoms with Crippen molar-refractivity contribution in [3.63, 3.8) is 0 Å². The second kappa shape index (κ2) is 7.16. The molecule has 1 saturated carbocycles. The summed E-state index contributed by atoms with van der Waals surface area (Å²) < 4.78 is 0. The van der Waals surface area contributed by atoms with Gasteiger partial charge < -0.3 is 10.0 Å². The maximum absolute atomic E-state index is 12.6. The van der Waals surface area contributed by atoms with Crippen LogP contribution in [-0.2, 0) is 16.0 Å². The molecule has 4 heteroatoms. The summed E-state index contributed by atoms with van der Waals surface area (Å²) in [4.78, 5) is 26.0. The first-order valence-corrected chi connectivity index (χ1v) is 8.68. The highest BCUT2D eigenvalue weighted by Crippen LogP contribution is 2.36. The van der Waals surface area contributed by atoms with E-state index in [1.807, 2.05) is 35.2 Å². The first kappa shape index (κ1) is 16.0. The topological polar surface area (TPSA) is 57.6 Å². The first-order valence-electron chi connectivity index (χ1n) is 8.68. The van der Waals surface area contributed by atoms with Crippen LogP contribution in [0, 0.1) is 17.8 Å². The van der Waals surface area contributed by atoms with Crippen LogP contribution in [-0.4, -0.2) is 35.0 Å². The molecule has 1 aliphatic heterocycles. The quantitative estimate of drug-likeness (QED) is 0.909. The zero-order chi connectivity index (χ0) is 16.2. The van der Waals surface area contributed by atoms with Gasteiger partial charge in [-0.3, -0.25) is 9.59 Å². The minimum absolute atomic E-state index is 0.0164. The molecule has 1 saturated heterocycles. The van der Waals surface area contributed by atoms with Crippen LogP contribution in [0.5, 0.6) is 0 Å². The molecule has 4 nitrogen and oxygen atoms in total. The number of fused-ring (bicyclic) bond motifs is 1. The Hall–Kier alpha value is -1.84. The standard InChI is InChI=1S/C19H25NO3/c21-18(20-12-15-8-4-5-9-16(15)13-20)11-17(19(22)23)10-14-6-2-1-3-7-14/h1-3,6-7,15-17H,4-5,8-13H2,(H,22,23)/t15-,16?,17+/m1/s1. The van der Waals surface area contributed by atoms with Crippen molar-refractivity contribution in [2.24, 2.45) is 17.8 Å². The summed E-state index contributed by atoms with van der Waals surface area (Å²) in [5, 5.41) is 9.46. The molecule has 3 atom stereocenters. The van der Waals surface area contributed by atoms with E-state index in [1.54, 1.807) is 0 Å². The first-order chi connectivity index (χ1) is 11.1. The second-order valence-corrected chi connectivity index (χ2v) is 7.03. The molecule has 1 aromatic rings. The largest absolute Gasteiger partial charge is 0.481 e. The lowest BCUT2D eigenvalue weighted by atomic mass is 9.82. The van der Waals surface area contributed by atoms with Crippen molar-refractivity contribution in [2.45, 2.75) is 38.5 Å². The van der Waals surface area contributed by atoms with Crippen LogP contribution in [0.2, 0.25) is 0 Å². The van der Waals surface area contributed by atoms with Gasteiger partial charge in [0.2, 0.25) is 5.91 Å². The fraction of sp³-hybridized carbons (Fsp3) is 0.579. The Morgan fingerprint density at radius 2 is 1.70 bits per heavy atom. The van der Waals surface area contributed by atoms with E-state index < -0.39 is 11.9 Å². The number of carbonyl (C=O) groups is 2. The molecule has 23 heavy (non-hydrogen) atoms.